The maximum Gasteiger partial charge on any atom is 0.253 e. The van der Waals surface area contributed by atoms with E-state index < -0.39 is 0 Å². The van der Waals surface area contributed by atoms with Crippen molar-refractivity contribution in [2.24, 2.45) is 7.05 Å². The molecule has 0 spiro atoms. The fourth-order valence-corrected chi connectivity index (χ4v) is 3.29. The number of amides is 1. The lowest BCUT2D eigenvalue weighted by Crippen LogP contribution is -2.28. The number of aromatic nitrogens is 2. The Morgan fingerprint density at radius 3 is 2.38 bits per heavy atom. The Morgan fingerprint density at radius 1 is 1.08 bits per heavy atom. The third kappa shape index (κ3) is 3.15. The largest absolute Gasteiger partial charge is 0.339 e. The second-order valence-electron chi connectivity index (χ2n) is 7.13. The van der Waals surface area contributed by atoms with Gasteiger partial charge < -0.3 is 4.90 Å². The standard InChI is InChI=1S/C22H23N3O/c1-15-4-5-18(22(26)25(3)19-10-11-19)14-20(15)16-6-8-17(9-7-16)21-12-13-24(2)23-21/h4-9,12-14,19H,10-11H2,1-3H3. The second kappa shape index (κ2) is 6.45. The average molecular weight is 345 g/mol. The molecule has 0 saturated heterocycles. The lowest BCUT2D eigenvalue weighted by Gasteiger charge is -2.17. The third-order valence-electron chi connectivity index (χ3n) is 5.10. The fraction of sp³-hybridized carbons (Fsp3) is 0.273. The van der Waals surface area contributed by atoms with Crippen molar-refractivity contribution >= 4 is 5.91 Å². The number of hydrogen-bond donors (Lipinski definition) is 0. The smallest absolute Gasteiger partial charge is 0.253 e. The maximum atomic E-state index is 12.7. The Hall–Kier alpha value is -2.88. The van der Waals surface area contributed by atoms with E-state index in [0.29, 0.717) is 6.04 Å². The third-order valence-corrected chi connectivity index (χ3v) is 5.10. The van der Waals surface area contributed by atoms with Gasteiger partial charge in [-0.2, -0.15) is 5.10 Å². The summed E-state index contributed by atoms with van der Waals surface area (Å²) in [4.78, 5) is 14.6. The quantitative estimate of drug-likeness (QED) is 0.707. The number of aryl methyl sites for hydroxylation is 2. The van der Waals surface area contributed by atoms with Crippen molar-refractivity contribution in [2.45, 2.75) is 25.8 Å². The van der Waals surface area contributed by atoms with E-state index in [4.69, 9.17) is 0 Å². The van der Waals surface area contributed by atoms with Gasteiger partial charge in [0.05, 0.1) is 5.69 Å². The Bertz CT molecular complexity index is 952. The highest BCUT2D eigenvalue weighted by atomic mass is 16.2. The van der Waals surface area contributed by atoms with Crippen LogP contribution in [0.1, 0.15) is 28.8 Å². The molecule has 1 saturated carbocycles. The molecule has 132 valence electrons. The van der Waals surface area contributed by atoms with Gasteiger partial charge in [-0.05, 0) is 54.7 Å². The van der Waals surface area contributed by atoms with E-state index in [1.165, 1.54) is 5.56 Å². The van der Waals surface area contributed by atoms with Gasteiger partial charge in [-0.1, -0.05) is 30.3 Å². The number of carbonyl (C=O) groups excluding carboxylic acids is 1. The summed E-state index contributed by atoms with van der Waals surface area (Å²) in [6.07, 6.45) is 4.19. The predicted octanol–water partition coefficient (Wildman–Crippen LogP) is 4.30. The molecule has 1 amide bonds. The molecule has 4 heteroatoms. The summed E-state index contributed by atoms with van der Waals surface area (Å²) in [5.74, 6) is 0.110. The highest BCUT2D eigenvalue weighted by Crippen LogP contribution is 2.30. The zero-order valence-electron chi connectivity index (χ0n) is 15.4. The van der Waals surface area contributed by atoms with Gasteiger partial charge in [-0.25, -0.2) is 0 Å². The zero-order valence-corrected chi connectivity index (χ0v) is 15.4. The van der Waals surface area contributed by atoms with E-state index >= 15 is 0 Å². The highest BCUT2D eigenvalue weighted by Gasteiger charge is 2.30. The lowest BCUT2D eigenvalue weighted by molar-refractivity contribution is 0.0785. The van der Waals surface area contributed by atoms with Gasteiger partial charge >= 0.3 is 0 Å². The molecule has 4 rings (SSSR count). The Labute approximate surface area is 154 Å². The average Bonchev–Trinajstić information content (AvgIpc) is 3.42. The van der Waals surface area contributed by atoms with E-state index in [2.05, 4.69) is 36.3 Å². The van der Waals surface area contributed by atoms with Crippen molar-refractivity contribution in [3.8, 4) is 22.4 Å². The molecule has 1 aromatic heterocycles. The van der Waals surface area contributed by atoms with E-state index in [0.717, 1.165) is 40.8 Å². The summed E-state index contributed by atoms with van der Waals surface area (Å²) in [6, 6.07) is 16.8. The first kappa shape index (κ1) is 16.6. The van der Waals surface area contributed by atoms with Gasteiger partial charge in [-0.15, -0.1) is 0 Å². The van der Waals surface area contributed by atoms with Crippen LogP contribution in [-0.2, 0) is 7.05 Å². The molecule has 0 unspecified atom stereocenters. The highest BCUT2D eigenvalue weighted by molar-refractivity contribution is 5.96. The van der Waals surface area contributed by atoms with Gasteiger partial charge in [0, 0.05) is 37.5 Å². The van der Waals surface area contributed by atoms with E-state index in [9.17, 15) is 4.79 Å². The number of carbonyl (C=O) groups is 1. The van der Waals surface area contributed by atoms with Gasteiger partial charge in [-0.3, -0.25) is 9.48 Å². The monoisotopic (exact) mass is 345 g/mol. The van der Waals surface area contributed by atoms with Crippen LogP contribution in [0.15, 0.2) is 54.7 Å². The molecule has 4 nitrogen and oxygen atoms in total. The van der Waals surface area contributed by atoms with Crippen LogP contribution in [0.25, 0.3) is 22.4 Å². The van der Waals surface area contributed by atoms with Gasteiger partial charge in [0.1, 0.15) is 0 Å². The summed E-state index contributed by atoms with van der Waals surface area (Å²) in [6.45, 7) is 2.08. The number of hydrogen-bond acceptors (Lipinski definition) is 2. The minimum atomic E-state index is 0.110. The molecule has 1 aliphatic rings. The minimum Gasteiger partial charge on any atom is -0.339 e. The predicted molar refractivity (Wildman–Crippen MR) is 104 cm³/mol. The van der Waals surface area contributed by atoms with Crippen molar-refractivity contribution in [2.75, 3.05) is 7.05 Å². The van der Waals surface area contributed by atoms with Crippen molar-refractivity contribution in [3.05, 3.63) is 65.9 Å². The number of nitrogens with zero attached hydrogens (tertiary/aromatic N) is 3. The zero-order chi connectivity index (χ0) is 18.3. The summed E-state index contributed by atoms with van der Waals surface area (Å²) in [7, 11) is 3.82. The molecule has 0 radical (unpaired) electrons. The molecule has 0 aliphatic heterocycles. The summed E-state index contributed by atoms with van der Waals surface area (Å²) in [5.41, 5.74) is 6.20. The van der Waals surface area contributed by atoms with Crippen molar-refractivity contribution in [3.63, 3.8) is 0 Å². The van der Waals surface area contributed by atoms with Crippen LogP contribution in [0.2, 0.25) is 0 Å². The maximum absolute atomic E-state index is 12.7. The van der Waals surface area contributed by atoms with Gasteiger partial charge in [0.2, 0.25) is 0 Å². The second-order valence-corrected chi connectivity index (χ2v) is 7.13. The molecule has 1 heterocycles. The number of rotatable bonds is 4. The van der Waals surface area contributed by atoms with Crippen LogP contribution >= 0.6 is 0 Å². The molecule has 1 aliphatic carbocycles. The van der Waals surface area contributed by atoms with Crippen molar-refractivity contribution in [1.29, 1.82) is 0 Å². The molecule has 0 N–H and O–H groups in total. The lowest BCUT2D eigenvalue weighted by atomic mass is 9.96. The molecule has 1 fully saturated rings. The first-order valence-electron chi connectivity index (χ1n) is 9.01. The van der Waals surface area contributed by atoms with Gasteiger partial charge in [0.25, 0.3) is 5.91 Å². The summed E-state index contributed by atoms with van der Waals surface area (Å²) >= 11 is 0. The molecule has 0 atom stereocenters. The van der Waals surface area contributed by atoms with Gasteiger partial charge in [0.15, 0.2) is 0 Å². The van der Waals surface area contributed by atoms with Crippen LogP contribution in [-0.4, -0.2) is 33.7 Å². The first-order valence-corrected chi connectivity index (χ1v) is 9.01. The normalized spacial score (nSPS) is 13.7. The number of benzene rings is 2. The summed E-state index contributed by atoms with van der Waals surface area (Å²) < 4.78 is 1.80. The van der Waals surface area contributed by atoms with E-state index in [1.54, 1.807) is 4.68 Å². The van der Waals surface area contributed by atoms with Crippen LogP contribution in [0, 0.1) is 6.92 Å². The van der Waals surface area contributed by atoms with Crippen LogP contribution in [0.4, 0.5) is 0 Å². The molecule has 3 aromatic rings. The Balaban J connectivity index is 1.64. The molecule has 26 heavy (non-hydrogen) atoms. The Kier molecular flexibility index (Phi) is 4.11. The topological polar surface area (TPSA) is 38.1 Å². The van der Waals surface area contributed by atoms with Crippen LogP contribution in [0.5, 0.6) is 0 Å². The first-order chi connectivity index (χ1) is 12.5. The SMILES string of the molecule is Cc1ccc(C(=O)N(C)C2CC2)cc1-c1ccc(-c2ccn(C)n2)cc1. The van der Waals surface area contributed by atoms with Crippen molar-refractivity contribution in [1.82, 2.24) is 14.7 Å². The van der Waals surface area contributed by atoms with Crippen LogP contribution in [0.3, 0.4) is 0 Å². The van der Waals surface area contributed by atoms with Crippen LogP contribution < -0.4 is 0 Å². The molecular formula is C22H23N3O. The summed E-state index contributed by atoms with van der Waals surface area (Å²) in [5, 5.41) is 4.45. The molecular weight excluding hydrogens is 322 g/mol. The molecule has 0 bridgehead atoms. The Morgan fingerprint density at radius 2 is 1.77 bits per heavy atom. The van der Waals surface area contributed by atoms with E-state index in [-0.39, 0.29) is 5.91 Å². The van der Waals surface area contributed by atoms with Crippen molar-refractivity contribution < 1.29 is 4.79 Å². The molecule has 2 aromatic carbocycles. The van der Waals surface area contributed by atoms with E-state index in [1.807, 2.05) is 49.5 Å². The minimum absolute atomic E-state index is 0.110. The fourth-order valence-electron chi connectivity index (χ4n) is 3.29.